The maximum absolute atomic E-state index is 14.2. The van der Waals surface area contributed by atoms with Gasteiger partial charge in [0.25, 0.3) is 0 Å². The van der Waals surface area contributed by atoms with Gasteiger partial charge < -0.3 is 4.74 Å². The Labute approximate surface area is 132 Å². The zero-order valence-electron chi connectivity index (χ0n) is 11.8. The summed E-state index contributed by atoms with van der Waals surface area (Å²) in [7, 11) is 1.73. The lowest BCUT2D eigenvalue weighted by molar-refractivity contribution is 0.0467. The van der Waals surface area contributed by atoms with Crippen LogP contribution in [0.4, 0.5) is 4.39 Å². The number of ether oxygens (including phenoxy) is 1. The molecule has 0 unspecified atom stereocenters. The Morgan fingerprint density at radius 2 is 2.14 bits per heavy atom. The highest BCUT2D eigenvalue weighted by Crippen LogP contribution is 2.50. The normalized spacial score (nSPS) is 29.6. The summed E-state index contributed by atoms with van der Waals surface area (Å²) >= 11 is 3.49. The number of methoxy groups -OCH3 is 1. The molecule has 1 spiro atoms. The van der Waals surface area contributed by atoms with Crippen LogP contribution in [0, 0.1) is 22.7 Å². The third kappa shape index (κ3) is 2.31. The molecule has 1 saturated carbocycles. The zero-order valence-corrected chi connectivity index (χ0v) is 13.4. The summed E-state index contributed by atoms with van der Waals surface area (Å²) in [6.07, 6.45) is 6.41. The number of hydrogen-bond acceptors (Lipinski definition) is 3. The first-order valence-electron chi connectivity index (χ1n) is 7.08. The highest BCUT2D eigenvalue weighted by molar-refractivity contribution is 9.10. The molecule has 0 atom stereocenters. The van der Waals surface area contributed by atoms with E-state index in [2.05, 4.69) is 20.9 Å². The van der Waals surface area contributed by atoms with Crippen LogP contribution in [0.5, 0.6) is 0 Å². The Morgan fingerprint density at radius 3 is 2.76 bits per heavy atom. The predicted molar refractivity (Wildman–Crippen MR) is 81.7 cm³/mol. The molecular weight excluding hydrogens is 335 g/mol. The molecule has 0 radical (unpaired) electrons. The van der Waals surface area contributed by atoms with Crippen molar-refractivity contribution < 1.29 is 9.13 Å². The highest BCUT2D eigenvalue weighted by atomic mass is 79.9. The second-order valence-corrected chi connectivity index (χ2v) is 6.69. The lowest BCUT2D eigenvalue weighted by atomic mass is 9.70. The number of hydrogen-bond donors (Lipinski definition) is 0. The summed E-state index contributed by atoms with van der Waals surface area (Å²) in [5, 5.41) is 9.05. The van der Waals surface area contributed by atoms with Crippen molar-refractivity contribution in [3.63, 3.8) is 0 Å². The van der Waals surface area contributed by atoms with Crippen molar-refractivity contribution in [2.45, 2.75) is 38.2 Å². The molecule has 0 saturated heterocycles. The van der Waals surface area contributed by atoms with E-state index in [1.165, 1.54) is 6.07 Å². The molecule has 1 aromatic carbocycles. The summed E-state index contributed by atoms with van der Waals surface area (Å²) < 4.78 is 20.4. The van der Waals surface area contributed by atoms with Gasteiger partial charge in [0, 0.05) is 22.6 Å². The average molecular weight is 351 g/mol. The Morgan fingerprint density at radius 1 is 1.43 bits per heavy atom. The van der Waals surface area contributed by atoms with Crippen LogP contribution in [0.3, 0.4) is 0 Å². The summed E-state index contributed by atoms with van der Waals surface area (Å²) in [5.74, 6) is -0.204. The van der Waals surface area contributed by atoms with Crippen molar-refractivity contribution in [1.82, 2.24) is 0 Å². The van der Waals surface area contributed by atoms with E-state index in [9.17, 15) is 4.39 Å². The van der Waals surface area contributed by atoms with Crippen molar-refractivity contribution in [3.05, 3.63) is 33.5 Å². The maximum Gasteiger partial charge on any atom is 0.205 e. The van der Waals surface area contributed by atoms with E-state index in [-0.39, 0.29) is 17.3 Å². The van der Waals surface area contributed by atoms with Crippen LogP contribution in [-0.2, 0) is 11.2 Å². The van der Waals surface area contributed by atoms with E-state index in [1.807, 2.05) is 6.19 Å². The van der Waals surface area contributed by atoms with E-state index >= 15 is 0 Å². The quantitative estimate of drug-likeness (QED) is 0.718. The van der Waals surface area contributed by atoms with Crippen molar-refractivity contribution >= 4 is 21.6 Å². The third-order valence-electron chi connectivity index (χ3n) is 4.84. The summed E-state index contributed by atoms with van der Waals surface area (Å²) in [6, 6.07) is 3.17. The molecule has 0 bridgehead atoms. The third-order valence-corrected chi connectivity index (χ3v) is 5.50. The van der Waals surface area contributed by atoms with Crippen LogP contribution in [0.15, 0.2) is 21.6 Å². The van der Waals surface area contributed by atoms with Gasteiger partial charge in [-0.1, -0.05) is 15.9 Å². The van der Waals surface area contributed by atoms with Crippen molar-refractivity contribution in [2.24, 2.45) is 10.4 Å². The number of rotatable bonds is 1. The average Bonchev–Trinajstić information content (AvgIpc) is 2.80. The minimum atomic E-state index is -0.211. The van der Waals surface area contributed by atoms with E-state index < -0.39 is 0 Å². The second kappa shape index (κ2) is 5.51. The van der Waals surface area contributed by atoms with Gasteiger partial charge in [0.2, 0.25) is 6.19 Å². The van der Waals surface area contributed by atoms with Crippen LogP contribution in [-0.4, -0.2) is 18.9 Å². The van der Waals surface area contributed by atoms with E-state index in [0.717, 1.165) is 41.4 Å². The lowest BCUT2D eigenvalue weighted by Crippen LogP contribution is -2.35. The molecule has 3 rings (SSSR count). The molecule has 3 nitrogen and oxygen atoms in total. The predicted octanol–water partition coefficient (Wildman–Crippen LogP) is 3.99. The molecule has 0 aromatic heterocycles. The molecule has 0 N–H and O–H groups in total. The van der Waals surface area contributed by atoms with Crippen molar-refractivity contribution in [3.8, 4) is 6.19 Å². The van der Waals surface area contributed by atoms with Crippen molar-refractivity contribution in [2.75, 3.05) is 7.11 Å². The van der Waals surface area contributed by atoms with Gasteiger partial charge in [-0.05, 0) is 49.8 Å². The number of nitrogens with zero attached hydrogens (tertiary/aromatic N) is 2. The second-order valence-electron chi connectivity index (χ2n) is 5.84. The zero-order chi connectivity index (χ0) is 15.0. The maximum atomic E-state index is 14.2. The summed E-state index contributed by atoms with van der Waals surface area (Å²) in [6.45, 7) is 0. The van der Waals surface area contributed by atoms with Crippen LogP contribution in [0.2, 0.25) is 0 Å². The number of halogens is 2. The summed E-state index contributed by atoms with van der Waals surface area (Å²) in [4.78, 5) is 4.08. The molecule has 110 valence electrons. The van der Waals surface area contributed by atoms with Crippen molar-refractivity contribution in [1.29, 1.82) is 5.26 Å². The van der Waals surface area contributed by atoms with E-state index in [1.54, 1.807) is 13.2 Å². The molecule has 5 heteroatoms. The Kier molecular flexibility index (Phi) is 3.85. The largest absolute Gasteiger partial charge is 0.381 e. The smallest absolute Gasteiger partial charge is 0.205 e. The molecule has 1 fully saturated rings. The fourth-order valence-electron chi connectivity index (χ4n) is 3.73. The number of fused-ring (bicyclic) bond motifs is 1. The monoisotopic (exact) mass is 350 g/mol. The first kappa shape index (κ1) is 14.7. The van der Waals surface area contributed by atoms with Gasteiger partial charge in [-0.3, -0.25) is 0 Å². The Hall–Kier alpha value is -1.25. The van der Waals surface area contributed by atoms with Crippen LogP contribution < -0.4 is 0 Å². The Balaban J connectivity index is 2.07. The number of nitriles is 1. The fraction of sp³-hybridized carbons (Fsp3) is 0.500. The summed E-state index contributed by atoms with van der Waals surface area (Å²) in [5.41, 5.74) is 2.01. The molecule has 21 heavy (non-hydrogen) atoms. The van der Waals surface area contributed by atoms with Gasteiger partial charge in [-0.2, -0.15) is 10.3 Å². The minimum absolute atomic E-state index is 0.204. The molecule has 0 aliphatic heterocycles. The molecule has 0 heterocycles. The van der Waals surface area contributed by atoms with Gasteiger partial charge in [0.15, 0.2) is 0 Å². The number of benzene rings is 1. The molecule has 2 aliphatic rings. The lowest BCUT2D eigenvalue weighted by Gasteiger charge is -2.36. The van der Waals surface area contributed by atoms with E-state index in [0.29, 0.717) is 12.0 Å². The van der Waals surface area contributed by atoms with Crippen LogP contribution in [0.1, 0.15) is 36.8 Å². The first-order valence-corrected chi connectivity index (χ1v) is 7.88. The van der Waals surface area contributed by atoms with E-state index in [4.69, 9.17) is 10.00 Å². The molecule has 2 aliphatic carbocycles. The Bertz CT molecular complexity index is 642. The SMILES string of the molecule is CO[C@H]1CC[C@@]2(CC1)Cc1c(F)ccc(Br)c1/C2=N/C#N. The van der Waals surface area contributed by atoms with Crippen LogP contribution in [0.25, 0.3) is 0 Å². The van der Waals surface area contributed by atoms with Crippen LogP contribution >= 0.6 is 15.9 Å². The van der Waals surface area contributed by atoms with Gasteiger partial charge in [0.05, 0.1) is 11.8 Å². The van der Waals surface area contributed by atoms with Gasteiger partial charge in [0.1, 0.15) is 5.82 Å². The molecule has 1 aromatic rings. The number of aliphatic imine (C=N–C) groups is 1. The fourth-order valence-corrected chi connectivity index (χ4v) is 4.29. The first-order chi connectivity index (χ1) is 10.1. The molecule has 0 amide bonds. The standard InChI is InChI=1S/C16H16BrFN2O/c1-21-10-4-6-16(7-5-10)8-11-13(18)3-2-12(17)14(11)15(16)20-9-19/h2-3,10H,4-8H2,1H3/b20-15-/t10-,16+. The van der Waals surface area contributed by atoms with Gasteiger partial charge in [-0.15, -0.1) is 0 Å². The molecular formula is C16H16BrFN2O. The highest BCUT2D eigenvalue weighted by Gasteiger charge is 2.47. The van der Waals surface area contributed by atoms with Gasteiger partial charge >= 0.3 is 0 Å². The topological polar surface area (TPSA) is 45.4 Å². The minimum Gasteiger partial charge on any atom is -0.381 e. The van der Waals surface area contributed by atoms with Gasteiger partial charge in [-0.25, -0.2) is 4.39 Å².